The molecule has 0 saturated carbocycles. The molecule has 1 aliphatic rings. The molecule has 1 aromatic heterocycles. The smallest absolute Gasteiger partial charge is 0.321 e. The van der Waals surface area contributed by atoms with Crippen LogP contribution in [-0.2, 0) is 4.79 Å². The van der Waals surface area contributed by atoms with Crippen LogP contribution in [0.3, 0.4) is 0 Å². The van der Waals surface area contributed by atoms with Gasteiger partial charge in [-0.25, -0.2) is 4.98 Å². The van der Waals surface area contributed by atoms with Crippen molar-refractivity contribution in [3.05, 3.63) is 27.9 Å². The molecular formula is C10H11N3O5. The number of aromatic amines is 1. The Morgan fingerprint density at radius 1 is 1.50 bits per heavy atom. The van der Waals surface area contributed by atoms with Crippen LogP contribution in [0.25, 0.3) is 0 Å². The summed E-state index contributed by atoms with van der Waals surface area (Å²) in [6.07, 6.45) is 0.407. The second-order valence-electron chi connectivity index (χ2n) is 4.09. The molecule has 96 valence electrons. The van der Waals surface area contributed by atoms with Gasteiger partial charge in [-0.3, -0.25) is 9.59 Å². The maximum Gasteiger partial charge on any atom is 0.321 e. The predicted octanol–water partition coefficient (Wildman–Crippen LogP) is 0.470. The van der Waals surface area contributed by atoms with Gasteiger partial charge in [0.05, 0.1) is 5.92 Å². The van der Waals surface area contributed by atoms with Crippen LogP contribution >= 0.6 is 0 Å². The first kappa shape index (κ1) is 12.1. The number of nitrogens with one attached hydrogen (secondary N) is 1. The summed E-state index contributed by atoms with van der Waals surface area (Å²) >= 11 is 0. The van der Waals surface area contributed by atoms with E-state index in [1.165, 1.54) is 17.0 Å². The van der Waals surface area contributed by atoms with Crippen LogP contribution in [0, 0.1) is 16.0 Å². The maximum atomic E-state index is 11.9. The molecule has 0 bridgehead atoms. The number of carboxylic acid groups (broad SMARTS) is 1. The van der Waals surface area contributed by atoms with Gasteiger partial charge < -0.3 is 20.1 Å². The van der Waals surface area contributed by atoms with Gasteiger partial charge in [-0.15, -0.1) is 0 Å². The minimum atomic E-state index is -0.928. The average Bonchev–Trinajstić information content (AvgIpc) is 2.97. The molecule has 0 aliphatic carbocycles. The zero-order valence-electron chi connectivity index (χ0n) is 9.33. The number of likely N-dealkylation sites (tertiary alicyclic amines) is 1. The summed E-state index contributed by atoms with van der Waals surface area (Å²) in [5.74, 6) is -2.15. The van der Waals surface area contributed by atoms with Crippen molar-refractivity contribution in [2.75, 3.05) is 13.1 Å². The van der Waals surface area contributed by atoms with Gasteiger partial charge in [0.1, 0.15) is 0 Å². The van der Waals surface area contributed by atoms with Crippen molar-refractivity contribution < 1.29 is 19.6 Å². The molecule has 1 amide bonds. The van der Waals surface area contributed by atoms with Crippen LogP contribution in [0.2, 0.25) is 0 Å². The SMILES string of the molecule is O=C(O)C1CCN(C(=O)c2ccc([N+](=O)[O-])[nH]2)C1. The molecule has 0 spiro atoms. The van der Waals surface area contributed by atoms with E-state index >= 15 is 0 Å². The average molecular weight is 253 g/mol. The van der Waals surface area contributed by atoms with E-state index in [9.17, 15) is 19.7 Å². The zero-order chi connectivity index (χ0) is 13.3. The topological polar surface area (TPSA) is 117 Å². The molecule has 18 heavy (non-hydrogen) atoms. The molecule has 1 aromatic rings. The number of carbonyl (C=O) groups is 2. The molecular weight excluding hydrogens is 242 g/mol. The summed E-state index contributed by atoms with van der Waals surface area (Å²) in [6, 6.07) is 2.53. The third kappa shape index (κ3) is 2.17. The second-order valence-corrected chi connectivity index (χ2v) is 4.09. The number of hydrogen-bond donors (Lipinski definition) is 2. The van der Waals surface area contributed by atoms with Crippen LogP contribution in [0.15, 0.2) is 12.1 Å². The number of nitrogens with zero attached hydrogens (tertiary/aromatic N) is 2. The van der Waals surface area contributed by atoms with Gasteiger partial charge in [-0.1, -0.05) is 0 Å². The van der Waals surface area contributed by atoms with Gasteiger partial charge >= 0.3 is 11.8 Å². The van der Waals surface area contributed by atoms with E-state index in [0.717, 1.165) is 0 Å². The third-order valence-electron chi connectivity index (χ3n) is 2.92. The van der Waals surface area contributed by atoms with E-state index in [1.807, 2.05) is 0 Å². The Bertz CT molecular complexity index is 509. The van der Waals surface area contributed by atoms with Crippen molar-refractivity contribution in [2.24, 2.45) is 5.92 Å². The highest BCUT2D eigenvalue weighted by Gasteiger charge is 2.32. The number of rotatable bonds is 3. The fourth-order valence-corrected chi connectivity index (χ4v) is 1.93. The van der Waals surface area contributed by atoms with Crippen molar-refractivity contribution in [1.29, 1.82) is 0 Å². The molecule has 1 saturated heterocycles. The Kier molecular flexibility index (Phi) is 3.00. The third-order valence-corrected chi connectivity index (χ3v) is 2.92. The molecule has 8 heteroatoms. The molecule has 1 unspecified atom stereocenters. The Labute approximate surface area is 101 Å². The summed E-state index contributed by atoms with van der Waals surface area (Å²) in [7, 11) is 0. The Balaban J connectivity index is 2.08. The first-order chi connectivity index (χ1) is 8.49. The number of carbonyl (C=O) groups excluding carboxylic acids is 1. The molecule has 0 aromatic carbocycles. The summed E-state index contributed by atoms with van der Waals surface area (Å²) in [5, 5.41) is 19.3. The van der Waals surface area contributed by atoms with Crippen LogP contribution in [0.4, 0.5) is 5.82 Å². The van der Waals surface area contributed by atoms with Gasteiger partial charge in [-0.05, 0) is 17.4 Å². The largest absolute Gasteiger partial charge is 0.481 e. The zero-order valence-corrected chi connectivity index (χ0v) is 9.33. The van der Waals surface area contributed by atoms with E-state index in [1.54, 1.807) is 0 Å². The fourth-order valence-electron chi connectivity index (χ4n) is 1.93. The molecule has 2 N–H and O–H groups in total. The van der Waals surface area contributed by atoms with E-state index in [2.05, 4.69) is 4.98 Å². The monoisotopic (exact) mass is 253 g/mol. The number of aromatic nitrogens is 1. The lowest BCUT2D eigenvalue weighted by atomic mass is 10.1. The molecule has 1 aliphatic heterocycles. The second kappa shape index (κ2) is 4.47. The minimum Gasteiger partial charge on any atom is -0.481 e. The van der Waals surface area contributed by atoms with Crippen LogP contribution in [-0.4, -0.2) is 44.9 Å². The van der Waals surface area contributed by atoms with E-state index in [4.69, 9.17) is 5.11 Å². The van der Waals surface area contributed by atoms with Crippen molar-refractivity contribution in [2.45, 2.75) is 6.42 Å². The van der Waals surface area contributed by atoms with E-state index < -0.39 is 22.7 Å². The summed E-state index contributed by atoms with van der Waals surface area (Å²) in [4.78, 5) is 36.3. The van der Waals surface area contributed by atoms with Crippen molar-refractivity contribution in [3.8, 4) is 0 Å². The van der Waals surface area contributed by atoms with Crippen LogP contribution in [0.5, 0.6) is 0 Å². The fraction of sp³-hybridized carbons (Fsp3) is 0.400. The van der Waals surface area contributed by atoms with Crippen molar-refractivity contribution in [3.63, 3.8) is 0 Å². The number of carboxylic acids is 1. The molecule has 8 nitrogen and oxygen atoms in total. The lowest BCUT2D eigenvalue weighted by molar-refractivity contribution is -0.389. The van der Waals surface area contributed by atoms with Gasteiger partial charge in [0.25, 0.3) is 5.91 Å². The minimum absolute atomic E-state index is 0.104. The van der Waals surface area contributed by atoms with Crippen molar-refractivity contribution in [1.82, 2.24) is 9.88 Å². The van der Waals surface area contributed by atoms with Gasteiger partial charge in [0, 0.05) is 19.2 Å². The number of H-pyrrole nitrogens is 1. The molecule has 1 fully saturated rings. The number of amides is 1. The summed E-state index contributed by atoms with van der Waals surface area (Å²) in [5.41, 5.74) is 0.104. The number of nitro groups is 1. The van der Waals surface area contributed by atoms with Crippen molar-refractivity contribution >= 4 is 17.7 Å². The molecule has 0 radical (unpaired) electrons. The Hall–Kier alpha value is -2.38. The highest BCUT2D eigenvalue weighted by Crippen LogP contribution is 2.19. The van der Waals surface area contributed by atoms with Gasteiger partial charge in [-0.2, -0.15) is 0 Å². The maximum absolute atomic E-state index is 11.9. The molecule has 1 atom stereocenters. The predicted molar refractivity (Wildman–Crippen MR) is 59.1 cm³/mol. The normalized spacial score (nSPS) is 18.9. The van der Waals surface area contributed by atoms with E-state index in [0.29, 0.717) is 13.0 Å². The number of hydrogen-bond acceptors (Lipinski definition) is 4. The number of aliphatic carboxylic acids is 1. The first-order valence-corrected chi connectivity index (χ1v) is 5.34. The standard InChI is InChI=1S/C10H11N3O5/c14-9(7-1-2-8(11-7)13(17)18)12-4-3-6(5-12)10(15)16/h1-2,6,11H,3-5H2,(H,15,16). The lowest BCUT2D eigenvalue weighted by Gasteiger charge is -2.12. The Morgan fingerprint density at radius 3 is 2.72 bits per heavy atom. The quantitative estimate of drug-likeness (QED) is 0.599. The highest BCUT2D eigenvalue weighted by atomic mass is 16.6. The first-order valence-electron chi connectivity index (χ1n) is 5.34. The highest BCUT2D eigenvalue weighted by molar-refractivity contribution is 5.93. The summed E-state index contributed by atoms with van der Waals surface area (Å²) < 4.78 is 0. The lowest BCUT2D eigenvalue weighted by Crippen LogP contribution is -2.30. The molecule has 2 heterocycles. The molecule has 2 rings (SSSR count). The van der Waals surface area contributed by atoms with Crippen LogP contribution in [0.1, 0.15) is 16.9 Å². The Morgan fingerprint density at radius 2 is 2.22 bits per heavy atom. The van der Waals surface area contributed by atoms with Crippen LogP contribution < -0.4 is 0 Å². The van der Waals surface area contributed by atoms with Gasteiger partial charge in [0.2, 0.25) is 0 Å². The van der Waals surface area contributed by atoms with E-state index in [-0.39, 0.29) is 18.1 Å². The summed E-state index contributed by atoms with van der Waals surface area (Å²) in [6.45, 7) is 0.490. The van der Waals surface area contributed by atoms with Gasteiger partial charge in [0.15, 0.2) is 5.69 Å².